The molecule has 2 aliphatic rings. The maximum Gasteiger partial charge on any atom is 0.332 e. The van der Waals surface area contributed by atoms with Crippen LogP contribution >= 0.6 is 0 Å². The van der Waals surface area contributed by atoms with E-state index in [9.17, 15) is 4.79 Å². The highest BCUT2D eigenvalue weighted by atomic mass is 16.5. The summed E-state index contributed by atoms with van der Waals surface area (Å²) in [4.78, 5) is 11.6. The SMILES string of the molecule is CCOC(=O)C=C1C[C@@H](c2ccc(OC)c(OC3CCCC3)c2)CN1. The van der Waals surface area contributed by atoms with Crippen LogP contribution in [-0.4, -0.2) is 32.3 Å². The van der Waals surface area contributed by atoms with E-state index in [1.165, 1.54) is 18.4 Å². The Balaban J connectivity index is 1.71. The van der Waals surface area contributed by atoms with Crippen molar-refractivity contribution in [2.24, 2.45) is 0 Å². The lowest BCUT2D eigenvalue weighted by molar-refractivity contribution is -0.137. The van der Waals surface area contributed by atoms with E-state index in [2.05, 4.69) is 17.4 Å². The van der Waals surface area contributed by atoms with Crippen LogP contribution in [0.4, 0.5) is 0 Å². The van der Waals surface area contributed by atoms with Gasteiger partial charge in [-0.2, -0.15) is 0 Å². The van der Waals surface area contributed by atoms with E-state index < -0.39 is 0 Å². The summed E-state index contributed by atoms with van der Waals surface area (Å²) in [5, 5.41) is 3.30. The number of ether oxygens (including phenoxy) is 3. The predicted octanol–water partition coefficient (Wildman–Crippen LogP) is 3.54. The normalized spacial score (nSPS) is 22.0. The number of esters is 1. The zero-order valence-electron chi connectivity index (χ0n) is 15.0. The molecular weight excluding hydrogens is 318 g/mol. The van der Waals surface area contributed by atoms with Gasteiger partial charge in [0.05, 0.1) is 19.8 Å². The van der Waals surface area contributed by atoms with Crippen molar-refractivity contribution in [2.45, 2.75) is 51.0 Å². The van der Waals surface area contributed by atoms with Gasteiger partial charge in [0, 0.05) is 24.2 Å². The first-order valence-corrected chi connectivity index (χ1v) is 9.15. The minimum Gasteiger partial charge on any atom is -0.493 e. The van der Waals surface area contributed by atoms with Gasteiger partial charge in [-0.1, -0.05) is 6.07 Å². The molecule has 0 bridgehead atoms. The monoisotopic (exact) mass is 345 g/mol. The number of nitrogens with one attached hydrogen (secondary N) is 1. The summed E-state index contributed by atoms with van der Waals surface area (Å²) in [7, 11) is 1.67. The zero-order valence-corrected chi connectivity index (χ0v) is 15.0. The van der Waals surface area contributed by atoms with Gasteiger partial charge in [-0.05, 0) is 56.7 Å². The number of carbonyl (C=O) groups excluding carboxylic acids is 1. The minimum atomic E-state index is -0.286. The molecule has 0 spiro atoms. The Morgan fingerprint density at radius 1 is 1.28 bits per heavy atom. The fourth-order valence-corrected chi connectivity index (χ4v) is 3.56. The zero-order chi connectivity index (χ0) is 17.6. The Kier molecular flexibility index (Phi) is 5.84. The predicted molar refractivity (Wildman–Crippen MR) is 96.0 cm³/mol. The van der Waals surface area contributed by atoms with Gasteiger partial charge in [-0.3, -0.25) is 0 Å². The van der Waals surface area contributed by atoms with Crippen LogP contribution < -0.4 is 14.8 Å². The molecule has 1 N–H and O–H groups in total. The lowest BCUT2D eigenvalue weighted by Gasteiger charge is -2.18. The highest BCUT2D eigenvalue weighted by Gasteiger charge is 2.24. The molecule has 5 heteroatoms. The van der Waals surface area contributed by atoms with Gasteiger partial charge >= 0.3 is 5.97 Å². The molecule has 1 aliphatic heterocycles. The van der Waals surface area contributed by atoms with E-state index in [1.54, 1.807) is 13.2 Å². The molecule has 1 saturated heterocycles. The number of benzene rings is 1. The second-order valence-corrected chi connectivity index (χ2v) is 6.64. The van der Waals surface area contributed by atoms with E-state index in [4.69, 9.17) is 14.2 Å². The topological polar surface area (TPSA) is 56.8 Å². The minimum absolute atomic E-state index is 0.286. The van der Waals surface area contributed by atoms with Crippen LogP contribution in [0.2, 0.25) is 0 Å². The van der Waals surface area contributed by atoms with E-state index in [0.717, 1.165) is 43.0 Å². The maximum absolute atomic E-state index is 11.6. The van der Waals surface area contributed by atoms with Crippen molar-refractivity contribution in [3.05, 3.63) is 35.5 Å². The molecule has 2 fully saturated rings. The standard InChI is InChI=1S/C20H27NO4/c1-3-24-20(22)12-16-10-15(13-21-16)14-8-9-18(23-2)19(11-14)25-17-6-4-5-7-17/h8-9,11-12,15,17,21H,3-7,10,13H2,1-2H3/t15-/m1/s1. The number of rotatable bonds is 6. The second kappa shape index (κ2) is 8.28. The molecule has 25 heavy (non-hydrogen) atoms. The van der Waals surface area contributed by atoms with Gasteiger partial charge in [-0.25, -0.2) is 4.79 Å². The average Bonchev–Trinajstić information content (AvgIpc) is 3.27. The van der Waals surface area contributed by atoms with Gasteiger partial charge in [0.25, 0.3) is 0 Å². The summed E-state index contributed by atoms with van der Waals surface area (Å²) in [6.45, 7) is 3.01. The van der Waals surface area contributed by atoms with E-state index in [-0.39, 0.29) is 5.97 Å². The molecule has 136 valence electrons. The summed E-state index contributed by atoms with van der Waals surface area (Å²) in [6, 6.07) is 6.16. The molecule has 0 radical (unpaired) electrons. The Labute approximate surface area is 149 Å². The molecule has 1 heterocycles. The van der Waals surface area contributed by atoms with Gasteiger partial charge < -0.3 is 19.5 Å². The molecule has 3 rings (SSSR count). The number of hydrogen-bond donors (Lipinski definition) is 1. The molecule has 1 aromatic rings. The molecule has 1 atom stereocenters. The molecular formula is C20H27NO4. The van der Waals surface area contributed by atoms with Crippen LogP contribution in [0.5, 0.6) is 11.5 Å². The Bertz CT molecular complexity index is 635. The van der Waals surface area contributed by atoms with Crippen molar-refractivity contribution in [3.8, 4) is 11.5 Å². The van der Waals surface area contributed by atoms with Crippen LogP contribution in [0.1, 0.15) is 50.5 Å². The first kappa shape index (κ1) is 17.6. The van der Waals surface area contributed by atoms with Crippen LogP contribution in [0.25, 0.3) is 0 Å². The van der Waals surface area contributed by atoms with Crippen LogP contribution in [0.15, 0.2) is 30.0 Å². The summed E-state index contributed by atoms with van der Waals surface area (Å²) in [5.41, 5.74) is 2.13. The van der Waals surface area contributed by atoms with Crippen molar-refractivity contribution in [1.82, 2.24) is 5.32 Å². The van der Waals surface area contributed by atoms with Crippen molar-refractivity contribution >= 4 is 5.97 Å². The number of carbonyl (C=O) groups is 1. The lowest BCUT2D eigenvalue weighted by atomic mass is 9.97. The molecule has 1 aliphatic carbocycles. The van der Waals surface area contributed by atoms with Crippen LogP contribution in [0, 0.1) is 0 Å². The van der Waals surface area contributed by atoms with Gasteiger partial charge in [0.2, 0.25) is 0 Å². The summed E-state index contributed by atoms with van der Waals surface area (Å²) in [5.74, 6) is 1.64. The average molecular weight is 345 g/mol. The van der Waals surface area contributed by atoms with Gasteiger partial charge in [0.1, 0.15) is 0 Å². The highest BCUT2D eigenvalue weighted by molar-refractivity contribution is 5.82. The Hall–Kier alpha value is -2.17. The van der Waals surface area contributed by atoms with Crippen molar-refractivity contribution in [1.29, 1.82) is 0 Å². The second-order valence-electron chi connectivity index (χ2n) is 6.64. The fraction of sp³-hybridized carbons (Fsp3) is 0.550. The fourth-order valence-electron chi connectivity index (χ4n) is 3.56. The van der Waals surface area contributed by atoms with E-state index in [1.807, 2.05) is 13.0 Å². The van der Waals surface area contributed by atoms with Crippen molar-refractivity contribution in [2.75, 3.05) is 20.3 Å². The number of methoxy groups -OCH3 is 1. The first-order valence-electron chi connectivity index (χ1n) is 9.15. The molecule has 0 amide bonds. The lowest BCUT2D eigenvalue weighted by Crippen LogP contribution is -2.12. The molecule has 0 aromatic heterocycles. The van der Waals surface area contributed by atoms with E-state index >= 15 is 0 Å². The van der Waals surface area contributed by atoms with E-state index in [0.29, 0.717) is 18.6 Å². The Morgan fingerprint density at radius 2 is 2.08 bits per heavy atom. The Morgan fingerprint density at radius 3 is 2.80 bits per heavy atom. The quantitative estimate of drug-likeness (QED) is 0.631. The molecule has 0 unspecified atom stereocenters. The molecule has 5 nitrogen and oxygen atoms in total. The van der Waals surface area contributed by atoms with Crippen LogP contribution in [0.3, 0.4) is 0 Å². The third kappa shape index (κ3) is 4.47. The third-order valence-corrected chi connectivity index (χ3v) is 4.88. The highest BCUT2D eigenvalue weighted by Crippen LogP contribution is 2.36. The summed E-state index contributed by atoms with van der Waals surface area (Å²) in [6.07, 6.45) is 7.36. The maximum atomic E-state index is 11.6. The largest absolute Gasteiger partial charge is 0.493 e. The number of allylic oxidation sites excluding steroid dienone is 1. The molecule has 1 saturated carbocycles. The van der Waals surface area contributed by atoms with Gasteiger partial charge in [0.15, 0.2) is 11.5 Å². The molecule has 1 aromatic carbocycles. The third-order valence-electron chi connectivity index (χ3n) is 4.88. The summed E-state index contributed by atoms with van der Waals surface area (Å²) < 4.78 is 16.6. The number of hydrogen-bond acceptors (Lipinski definition) is 5. The first-order chi connectivity index (χ1) is 12.2. The van der Waals surface area contributed by atoms with Gasteiger partial charge in [-0.15, -0.1) is 0 Å². The van der Waals surface area contributed by atoms with Crippen molar-refractivity contribution < 1.29 is 19.0 Å². The smallest absolute Gasteiger partial charge is 0.332 e. The van der Waals surface area contributed by atoms with Crippen molar-refractivity contribution in [3.63, 3.8) is 0 Å². The summed E-state index contributed by atoms with van der Waals surface area (Å²) >= 11 is 0. The van der Waals surface area contributed by atoms with Crippen LogP contribution in [-0.2, 0) is 9.53 Å².